The first kappa shape index (κ1) is 11.7. The number of aromatic nitrogens is 4. The van der Waals surface area contributed by atoms with E-state index in [1.54, 1.807) is 17.1 Å². The molecule has 90 valence electrons. The Kier molecular flexibility index (Phi) is 3.82. The molecular weight excluding hydrogens is 216 g/mol. The molecule has 5 heteroatoms. The standard InChI is InChI=1S/C12H16N4O/c1-16-9-11(14-15-16)8-12(17)3-2-10-4-6-13-7-5-10/h4-7,9,12,17H,2-3,8H2,1H3. The third kappa shape index (κ3) is 3.64. The molecule has 0 bridgehead atoms. The first-order chi connectivity index (χ1) is 8.24. The zero-order chi connectivity index (χ0) is 12.1. The van der Waals surface area contributed by atoms with Crippen molar-refractivity contribution in [1.29, 1.82) is 0 Å². The lowest BCUT2D eigenvalue weighted by Gasteiger charge is -2.08. The number of pyridine rings is 1. The first-order valence-electron chi connectivity index (χ1n) is 5.66. The summed E-state index contributed by atoms with van der Waals surface area (Å²) in [5.74, 6) is 0. The molecule has 2 heterocycles. The zero-order valence-corrected chi connectivity index (χ0v) is 9.82. The lowest BCUT2D eigenvalue weighted by Crippen LogP contribution is -2.12. The Bertz CT molecular complexity index is 455. The van der Waals surface area contributed by atoms with Crippen molar-refractivity contribution >= 4 is 0 Å². The van der Waals surface area contributed by atoms with E-state index in [0.29, 0.717) is 6.42 Å². The van der Waals surface area contributed by atoms with E-state index in [1.165, 1.54) is 5.56 Å². The molecule has 2 aromatic rings. The maximum atomic E-state index is 9.88. The first-order valence-corrected chi connectivity index (χ1v) is 5.66. The molecule has 0 fully saturated rings. The highest BCUT2D eigenvalue weighted by molar-refractivity contribution is 5.09. The fourth-order valence-corrected chi connectivity index (χ4v) is 1.72. The Morgan fingerprint density at radius 1 is 1.35 bits per heavy atom. The topological polar surface area (TPSA) is 63.8 Å². The van der Waals surface area contributed by atoms with Gasteiger partial charge in [0, 0.05) is 32.1 Å². The van der Waals surface area contributed by atoms with Crippen LogP contribution in [0.5, 0.6) is 0 Å². The van der Waals surface area contributed by atoms with Crippen molar-refractivity contribution in [2.45, 2.75) is 25.4 Å². The van der Waals surface area contributed by atoms with Crippen LogP contribution >= 0.6 is 0 Å². The van der Waals surface area contributed by atoms with Crippen molar-refractivity contribution in [2.75, 3.05) is 0 Å². The second kappa shape index (κ2) is 5.54. The van der Waals surface area contributed by atoms with Gasteiger partial charge in [-0.15, -0.1) is 5.10 Å². The fourth-order valence-electron chi connectivity index (χ4n) is 1.72. The second-order valence-corrected chi connectivity index (χ2v) is 4.14. The van der Waals surface area contributed by atoms with Crippen LogP contribution in [0.15, 0.2) is 30.7 Å². The fraction of sp³-hybridized carbons (Fsp3) is 0.417. The van der Waals surface area contributed by atoms with Gasteiger partial charge in [-0.05, 0) is 30.5 Å². The van der Waals surface area contributed by atoms with Crippen LogP contribution in [-0.2, 0) is 19.9 Å². The van der Waals surface area contributed by atoms with Crippen molar-refractivity contribution in [3.63, 3.8) is 0 Å². The van der Waals surface area contributed by atoms with Crippen LogP contribution in [-0.4, -0.2) is 31.2 Å². The van der Waals surface area contributed by atoms with Crippen LogP contribution in [0.1, 0.15) is 17.7 Å². The molecule has 1 N–H and O–H groups in total. The van der Waals surface area contributed by atoms with Gasteiger partial charge in [0.05, 0.1) is 11.8 Å². The molecule has 0 radical (unpaired) electrons. The molecule has 0 saturated carbocycles. The van der Waals surface area contributed by atoms with E-state index < -0.39 is 0 Å². The molecule has 0 aliphatic carbocycles. The third-order valence-corrected chi connectivity index (χ3v) is 2.61. The van der Waals surface area contributed by atoms with E-state index in [1.807, 2.05) is 25.4 Å². The summed E-state index contributed by atoms with van der Waals surface area (Å²) in [5.41, 5.74) is 2.02. The minimum absolute atomic E-state index is 0.375. The molecule has 2 rings (SSSR count). The van der Waals surface area contributed by atoms with E-state index in [-0.39, 0.29) is 6.10 Å². The summed E-state index contributed by atoms with van der Waals surface area (Å²) in [7, 11) is 1.82. The average Bonchev–Trinajstić information content (AvgIpc) is 2.73. The zero-order valence-electron chi connectivity index (χ0n) is 9.82. The summed E-state index contributed by atoms with van der Waals surface area (Å²) in [4.78, 5) is 3.96. The largest absolute Gasteiger partial charge is 0.393 e. The summed E-state index contributed by atoms with van der Waals surface area (Å²) < 4.78 is 1.64. The minimum Gasteiger partial charge on any atom is -0.393 e. The Morgan fingerprint density at radius 3 is 2.76 bits per heavy atom. The molecule has 17 heavy (non-hydrogen) atoms. The van der Waals surface area contributed by atoms with Gasteiger partial charge in [0.2, 0.25) is 0 Å². The van der Waals surface area contributed by atoms with Crippen molar-refractivity contribution in [3.8, 4) is 0 Å². The predicted octanol–water partition coefficient (Wildman–Crippen LogP) is 0.746. The van der Waals surface area contributed by atoms with Crippen molar-refractivity contribution in [3.05, 3.63) is 42.0 Å². The molecule has 2 aromatic heterocycles. The number of aryl methyl sites for hydroxylation is 2. The Morgan fingerprint density at radius 2 is 2.12 bits per heavy atom. The van der Waals surface area contributed by atoms with Crippen LogP contribution in [0.25, 0.3) is 0 Å². The molecular formula is C12H16N4O. The summed E-state index contributed by atoms with van der Waals surface area (Å²) in [5, 5.41) is 17.7. The summed E-state index contributed by atoms with van der Waals surface area (Å²) >= 11 is 0. The third-order valence-electron chi connectivity index (χ3n) is 2.61. The number of hydrogen-bond donors (Lipinski definition) is 1. The van der Waals surface area contributed by atoms with Gasteiger partial charge < -0.3 is 5.11 Å². The van der Waals surface area contributed by atoms with Gasteiger partial charge in [-0.1, -0.05) is 5.21 Å². The maximum absolute atomic E-state index is 9.88. The van der Waals surface area contributed by atoms with Gasteiger partial charge in [0.1, 0.15) is 0 Å². The summed E-state index contributed by atoms with van der Waals surface area (Å²) in [6.45, 7) is 0. The average molecular weight is 232 g/mol. The van der Waals surface area contributed by atoms with Crippen LogP contribution in [0, 0.1) is 0 Å². The molecule has 0 aromatic carbocycles. The van der Waals surface area contributed by atoms with Crippen molar-refractivity contribution in [2.24, 2.45) is 7.05 Å². The SMILES string of the molecule is Cn1cc(CC(O)CCc2ccncc2)nn1. The van der Waals surface area contributed by atoms with E-state index in [9.17, 15) is 5.11 Å². The lowest BCUT2D eigenvalue weighted by molar-refractivity contribution is 0.164. The highest BCUT2D eigenvalue weighted by atomic mass is 16.3. The molecule has 0 aliphatic rings. The predicted molar refractivity (Wildman–Crippen MR) is 63.3 cm³/mol. The molecule has 1 unspecified atom stereocenters. The Balaban J connectivity index is 1.80. The van der Waals surface area contributed by atoms with E-state index in [2.05, 4.69) is 15.3 Å². The highest BCUT2D eigenvalue weighted by Crippen LogP contribution is 2.07. The van der Waals surface area contributed by atoms with Crippen molar-refractivity contribution < 1.29 is 5.11 Å². The molecule has 0 aliphatic heterocycles. The van der Waals surface area contributed by atoms with E-state index in [0.717, 1.165) is 18.5 Å². The number of aliphatic hydroxyl groups is 1. The number of nitrogens with zero attached hydrogens (tertiary/aromatic N) is 4. The van der Waals surface area contributed by atoms with Gasteiger partial charge in [-0.2, -0.15) is 0 Å². The van der Waals surface area contributed by atoms with Crippen LogP contribution in [0.3, 0.4) is 0 Å². The Hall–Kier alpha value is -1.75. The number of rotatable bonds is 5. The quantitative estimate of drug-likeness (QED) is 0.826. The van der Waals surface area contributed by atoms with Crippen LogP contribution < -0.4 is 0 Å². The summed E-state index contributed by atoms with van der Waals surface area (Å²) in [6.07, 6.45) is 7.12. The monoisotopic (exact) mass is 232 g/mol. The van der Waals surface area contributed by atoms with E-state index >= 15 is 0 Å². The summed E-state index contributed by atoms with van der Waals surface area (Å²) in [6, 6.07) is 3.93. The van der Waals surface area contributed by atoms with Gasteiger partial charge >= 0.3 is 0 Å². The minimum atomic E-state index is -0.375. The van der Waals surface area contributed by atoms with Crippen LogP contribution in [0.2, 0.25) is 0 Å². The number of hydrogen-bond acceptors (Lipinski definition) is 4. The van der Waals surface area contributed by atoms with Gasteiger partial charge in [-0.25, -0.2) is 0 Å². The van der Waals surface area contributed by atoms with E-state index in [4.69, 9.17) is 0 Å². The highest BCUT2D eigenvalue weighted by Gasteiger charge is 2.08. The van der Waals surface area contributed by atoms with Gasteiger partial charge in [-0.3, -0.25) is 9.67 Å². The maximum Gasteiger partial charge on any atom is 0.0852 e. The molecule has 0 spiro atoms. The lowest BCUT2D eigenvalue weighted by atomic mass is 10.1. The van der Waals surface area contributed by atoms with Gasteiger partial charge in [0.15, 0.2) is 0 Å². The van der Waals surface area contributed by atoms with Crippen LogP contribution in [0.4, 0.5) is 0 Å². The number of aliphatic hydroxyl groups excluding tert-OH is 1. The molecule has 1 atom stereocenters. The molecule has 0 saturated heterocycles. The second-order valence-electron chi connectivity index (χ2n) is 4.14. The molecule has 5 nitrogen and oxygen atoms in total. The van der Waals surface area contributed by atoms with Crippen molar-refractivity contribution in [1.82, 2.24) is 20.0 Å². The normalized spacial score (nSPS) is 12.6. The van der Waals surface area contributed by atoms with Gasteiger partial charge in [0.25, 0.3) is 0 Å². The Labute approximate surface area is 100 Å². The smallest absolute Gasteiger partial charge is 0.0852 e. The molecule has 0 amide bonds.